The highest BCUT2D eigenvalue weighted by atomic mass is 19.3. The van der Waals surface area contributed by atoms with E-state index in [1.54, 1.807) is 30.4 Å². The van der Waals surface area contributed by atoms with Crippen molar-refractivity contribution in [1.29, 1.82) is 5.26 Å². The molecule has 0 bridgehead atoms. The molecule has 1 saturated heterocycles. The van der Waals surface area contributed by atoms with Crippen LogP contribution in [0.5, 0.6) is 0 Å². The Bertz CT molecular complexity index is 1020. The van der Waals surface area contributed by atoms with Crippen molar-refractivity contribution in [2.75, 3.05) is 13.1 Å². The van der Waals surface area contributed by atoms with Gasteiger partial charge in [0.25, 0.3) is 11.8 Å². The third-order valence-electron chi connectivity index (χ3n) is 4.56. The maximum absolute atomic E-state index is 13.5. The Hall–Kier alpha value is -3.67. The summed E-state index contributed by atoms with van der Waals surface area (Å²) in [5, 5.41) is 11.4. The molecule has 1 aromatic heterocycles. The van der Waals surface area contributed by atoms with Gasteiger partial charge in [-0.25, -0.2) is 13.2 Å². The van der Waals surface area contributed by atoms with E-state index in [-0.39, 0.29) is 11.4 Å². The highest BCUT2D eigenvalue weighted by Crippen LogP contribution is 2.31. The summed E-state index contributed by atoms with van der Waals surface area (Å²) in [4.78, 5) is 29.5. The Morgan fingerprint density at radius 1 is 1.27 bits per heavy atom. The number of halogens is 3. The zero-order valence-electron chi connectivity index (χ0n) is 15.7. The molecule has 30 heavy (non-hydrogen) atoms. The maximum atomic E-state index is 13.5. The van der Waals surface area contributed by atoms with Gasteiger partial charge in [-0.15, -0.1) is 0 Å². The average molecular weight is 414 g/mol. The molecule has 1 unspecified atom stereocenters. The molecule has 154 valence electrons. The van der Waals surface area contributed by atoms with Crippen LogP contribution >= 0.6 is 0 Å². The van der Waals surface area contributed by atoms with Gasteiger partial charge in [0.15, 0.2) is 0 Å². The van der Waals surface area contributed by atoms with Gasteiger partial charge in [-0.1, -0.05) is 24.3 Å². The number of likely N-dealkylation sites (tertiary alicyclic amines) is 1. The fourth-order valence-corrected chi connectivity index (χ4v) is 3.05. The lowest BCUT2D eigenvalue weighted by atomic mass is 10.1. The minimum Gasteiger partial charge on any atom is -0.343 e. The van der Waals surface area contributed by atoms with Crippen molar-refractivity contribution in [1.82, 2.24) is 15.2 Å². The van der Waals surface area contributed by atoms with E-state index in [0.29, 0.717) is 11.1 Å². The first-order valence-corrected chi connectivity index (χ1v) is 9.02. The van der Waals surface area contributed by atoms with E-state index in [1.807, 2.05) is 0 Å². The zero-order valence-corrected chi connectivity index (χ0v) is 15.7. The van der Waals surface area contributed by atoms with Crippen LogP contribution in [0.25, 0.3) is 12.2 Å². The minimum atomic E-state index is -3.12. The maximum Gasteiger partial charge on any atom is 0.268 e. The van der Waals surface area contributed by atoms with Gasteiger partial charge in [0.2, 0.25) is 5.91 Å². The van der Waals surface area contributed by atoms with Crippen LogP contribution in [0.15, 0.2) is 42.7 Å². The van der Waals surface area contributed by atoms with Gasteiger partial charge in [-0.05, 0) is 23.8 Å². The molecule has 1 aromatic carbocycles. The normalized spacial score (nSPS) is 17.7. The number of benzene rings is 1. The van der Waals surface area contributed by atoms with Gasteiger partial charge in [-0.2, -0.15) is 5.26 Å². The molecule has 0 radical (unpaired) electrons. The number of nitrogens with one attached hydrogen (secondary N) is 1. The lowest BCUT2D eigenvalue weighted by Crippen LogP contribution is -2.43. The largest absolute Gasteiger partial charge is 0.343 e. The topological polar surface area (TPSA) is 86.1 Å². The Kier molecular flexibility index (Phi) is 6.16. The smallest absolute Gasteiger partial charge is 0.268 e. The van der Waals surface area contributed by atoms with E-state index in [1.165, 1.54) is 30.6 Å². The standard InChI is InChI=1S/C21H17F3N4O2/c22-16-5-2-14(3-6-16)1-4-15-11-26-8-7-18(15)20(30)27-12-19(29)28-13-21(23,24)9-17(28)10-25/h1-8,11,17H,9,12-13H2,(H,27,30)/b4-1+. The lowest BCUT2D eigenvalue weighted by molar-refractivity contribution is -0.131. The van der Waals surface area contributed by atoms with Gasteiger partial charge in [-0.3, -0.25) is 14.6 Å². The average Bonchev–Trinajstić information content (AvgIpc) is 3.06. The monoisotopic (exact) mass is 414 g/mol. The first-order valence-electron chi connectivity index (χ1n) is 9.02. The zero-order chi connectivity index (χ0) is 21.7. The molecule has 0 aliphatic carbocycles. The lowest BCUT2D eigenvalue weighted by Gasteiger charge is -2.19. The molecule has 1 atom stereocenters. The van der Waals surface area contributed by atoms with Gasteiger partial charge in [0.1, 0.15) is 11.9 Å². The number of aromatic nitrogens is 1. The quantitative estimate of drug-likeness (QED) is 0.815. The van der Waals surface area contributed by atoms with Gasteiger partial charge in [0, 0.05) is 29.9 Å². The summed E-state index contributed by atoms with van der Waals surface area (Å²) < 4.78 is 40.0. The van der Waals surface area contributed by atoms with Crippen molar-refractivity contribution in [3.63, 3.8) is 0 Å². The highest BCUT2D eigenvalue weighted by Gasteiger charge is 2.47. The van der Waals surface area contributed by atoms with E-state index < -0.39 is 43.3 Å². The molecule has 1 aliphatic heterocycles. The van der Waals surface area contributed by atoms with E-state index >= 15 is 0 Å². The molecule has 1 N–H and O–H groups in total. The van der Waals surface area contributed by atoms with E-state index in [0.717, 1.165) is 4.90 Å². The SMILES string of the molecule is N#CC1CC(F)(F)CN1C(=O)CNC(=O)c1ccncc1/C=C/c1ccc(F)cc1. The molecule has 2 amide bonds. The van der Waals surface area contributed by atoms with Crippen molar-refractivity contribution in [2.24, 2.45) is 0 Å². The van der Waals surface area contributed by atoms with Crippen LogP contribution in [0.1, 0.15) is 27.9 Å². The summed E-state index contributed by atoms with van der Waals surface area (Å²) in [6.45, 7) is -1.36. The number of amides is 2. The second-order valence-corrected chi connectivity index (χ2v) is 6.76. The van der Waals surface area contributed by atoms with Gasteiger partial charge >= 0.3 is 0 Å². The van der Waals surface area contributed by atoms with Crippen molar-refractivity contribution in [3.05, 3.63) is 65.2 Å². The number of carbonyl (C=O) groups excluding carboxylic acids is 2. The fraction of sp³-hybridized carbons (Fsp3) is 0.238. The second kappa shape index (κ2) is 8.78. The van der Waals surface area contributed by atoms with Crippen LogP contribution in [0.4, 0.5) is 13.2 Å². The van der Waals surface area contributed by atoms with Crippen LogP contribution in [0.2, 0.25) is 0 Å². The van der Waals surface area contributed by atoms with Crippen LogP contribution in [-0.4, -0.2) is 46.8 Å². The van der Waals surface area contributed by atoms with Crippen LogP contribution in [0, 0.1) is 17.1 Å². The number of carbonyl (C=O) groups is 2. The highest BCUT2D eigenvalue weighted by molar-refractivity contribution is 6.00. The van der Waals surface area contributed by atoms with E-state index in [9.17, 15) is 22.8 Å². The van der Waals surface area contributed by atoms with Crippen LogP contribution < -0.4 is 5.32 Å². The third-order valence-corrected chi connectivity index (χ3v) is 4.56. The number of hydrogen-bond acceptors (Lipinski definition) is 4. The number of nitriles is 1. The molecule has 0 spiro atoms. The summed E-state index contributed by atoms with van der Waals surface area (Å²) >= 11 is 0. The first kappa shape index (κ1) is 21.0. The Labute approximate surface area is 170 Å². The third kappa shape index (κ3) is 5.03. The first-order chi connectivity index (χ1) is 14.3. The Morgan fingerprint density at radius 3 is 2.70 bits per heavy atom. The molecular weight excluding hydrogens is 397 g/mol. The number of alkyl halides is 2. The predicted molar refractivity (Wildman–Crippen MR) is 103 cm³/mol. The fourth-order valence-electron chi connectivity index (χ4n) is 3.05. The Balaban J connectivity index is 1.67. The van der Waals surface area contributed by atoms with Crippen molar-refractivity contribution >= 4 is 24.0 Å². The van der Waals surface area contributed by atoms with Gasteiger partial charge < -0.3 is 10.2 Å². The second-order valence-electron chi connectivity index (χ2n) is 6.76. The summed E-state index contributed by atoms with van der Waals surface area (Å²) in [7, 11) is 0. The van der Waals surface area contributed by atoms with Crippen molar-refractivity contribution in [2.45, 2.75) is 18.4 Å². The predicted octanol–water partition coefficient (Wildman–Crippen LogP) is 2.88. The number of nitrogens with zero attached hydrogens (tertiary/aromatic N) is 3. The molecular formula is C21H17F3N4O2. The van der Waals surface area contributed by atoms with Crippen LogP contribution in [0.3, 0.4) is 0 Å². The molecule has 2 aromatic rings. The summed E-state index contributed by atoms with van der Waals surface area (Å²) in [6, 6.07) is 7.66. The Morgan fingerprint density at radius 2 is 2.00 bits per heavy atom. The van der Waals surface area contributed by atoms with Crippen LogP contribution in [-0.2, 0) is 4.79 Å². The van der Waals surface area contributed by atoms with Crippen molar-refractivity contribution < 1.29 is 22.8 Å². The molecule has 1 fully saturated rings. The molecule has 6 nitrogen and oxygen atoms in total. The minimum absolute atomic E-state index is 0.222. The van der Waals surface area contributed by atoms with Crippen molar-refractivity contribution in [3.8, 4) is 6.07 Å². The van der Waals surface area contributed by atoms with Gasteiger partial charge in [0.05, 0.1) is 19.2 Å². The number of rotatable bonds is 5. The number of pyridine rings is 1. The molecule has 1 aliphatic rings. The van der Waals surface area contributed by atoms with E-state index in [2.05, 4.69) is 10.3 Å². The molecule has 9 heteroatoms. The van der Waals surface area contributed by atoms with E-state index in [4.69, 9.17) is 5.26 Å². The summed E-state index contributed by atoms with van der Waals surface area (Å²) in [5.74, 6) is -4.84. The summed E-state index contributed by atoms with van der Waals surface area (Å²) in [6.07, 6.45) is 5.42. The number of hydrogen-bond donors (Lipinski definition) is 1. The molecule has 3 rings (SSSR count). The molecule has 0 saturated carbocycles. The molecule has 2 heterocycles. The summed E-state index contributed by atoms with van der Waals surface area (Å²) in [5.41, 5.74) is 1.38.